The Balaban J connectivity index is 2.21. The Kier molecular flexibility index (Phi) is 19.6. The molecule has 314 valence electrons. The highest BCUT2D eigenvalue weighted by Gasteiger charge is 2.43. The molecule has 0 spiro atoms. The number of rotatable bonds is 22. The van der Waals surface area contributed by atoms with Crippen LogP contribution in [-0.2, 0) is 35.1 Å². The van der Waals surface area contributed by atoms with Crippen molar-refractivity contribution in [3.8, 4) is 0 Å². The molecule has 1 aliphatic heterocycles. The van der Waals surface area contributed by atoms with Crippen LogP contribution in [0.1, 0.15) is 93.6 Å². The van der Waals surface area contributed by atoms with E-state index >= 15 is 0 Å². The van der Waals surface area contributed by atoms with E-state index in [9.17, 15) is 19.2 Å². The van der Waals surface area contributed by atoms with Crippen LogP contribution < -0.4 is 15.5 Å². The van der Waals surface area contributed by atoms with Crippen molar-refractivity contribution < 1.29 is 28.7 Å². The second-order valence-corrected chi connectivity index (χ2v) is 16.9. The number of likely N-dealkylation sites (N-methyl/N-ethyl adjacent to an activating group) is 2. The monoisotopic (exact) mass is 773 g/mol. The van der Waals surface area contributed by atoms with Crippen molar-refractivity contribution in [2.75, 3.05) is 60.4 Å². The Morgan fingerprint density at radius 1 is 0.873 bits per heavy atom. The van der Waals surface area contributed by atoms with E-state index < -0.39 is 36.3 Å². The maximum Gasteiger partial charge on any atom is 0.245 e. The summed E-state index contributed by atoms with van der Waals surface area (Å²) < 4.78 is 12.0. The van der Waals surface area contributed by atoms with Gasteiger partial charge in [0.15, 0.2) is 0 Å². The van der Waals surface area contributed by atoms with Gasteiger partial charge in [-0.2, -0.15) is 0 Å². The van der Waals surface area contributed by atoms with Crippen molar-refractivity contribution in [3.63, 3.8) is 0 Å². The number of hydrogen-bond donors (Lipinski definition) is 2. The molecule has 1 aromatic carbocycles. The maximum atomic E-state index is 14.3. The van der Waals surface area contributed by atoms with E-state index in [4.69, 9.17) is 9.47 Å². The van der Waals surface area contributed by atoms with Crippen LogP contribution in [0.2, 0.25) is 0 Å². The molecule has 1 fully saturated rings. The van der Waals surface area contributed by atoms with Crippen LogP contribution in [-0.4, -0.2) is 136 Å². The third-order valence-corrected chi connectivity index (χ3v) is 11.8. The standard InChI is InChI=1S/C43H76N6O6/c1-16-30(8)39(48(13)43(53)37(27(2)3)45-42(52)38(28(4)5)47(12)29(6)7)35(54-14)26-36(50)49-25-17-18-34(49)40(55-15)31(9)41(51)44-24-23-32-19-21-33(22-20-32)46(10)11/h19-22,27-31,34-35,37-40H,16-18,23-26H2,1-15H3,(H,44,51)(H,45,52)/t30-,31+,34-,35+,37?,38-,39-,40+/m0/s1. The van der Waals surface area contributed by atoms with Gasteiger partial charge in [-0.3, -0.25) is 24.1 Å². The van der Waals surface area contributed by atoms with E-state index in [1.54, 1.807) is 26.2 Å². The van der Waals surface area contributed by atoms with Crippen molar-refractivity contribution in [3.05, 3.63) is 29.8 Å². The minimum Gasteiger partial charge on any atom is -0.379 e. The third kappa shape index (κ3) is 12.9. The number of carbonyl (C=O) groups excluding carboxylic acids is 4. The van der Waals surface area contributed by atoms with Gasteiger partial charge in [-0.1, -0.05) is 67.0 Å². The summed E-state index contributed by atoms with van der Waals surface area (Å²) in [5.74, 6) is -1.17. The van der Waals surface area contributed by atoms with Crippen molar-refractivity contribution in [1.82, 2.24) is 25.3 Å². The third-order valence-electron chi connectivity index (χ3n) is 11.8. The Morgan fingerprint density at radius 2 is 1.49 bits per heavy atom. The average Bonchev–Trinajstić information content (AvgIpc) is 3.62. The van der Waals surface area contributed by atoms with E-state index in [2.05, 4.69) is 67.5 Å². The van der Waals surface area contributed by atoms with E-state index in [-0.39, 0.29) is 59.9 Å². The number of benzene rings is 1. The van der Waals surface area contributed by atoms with Crippen LogP contribution in [0, 0.1) is 23.7 Å². The lowest BCUT2D eigenvalue weighted by Gasteiger charge is -2.41. The summed E-state index contributed by atoms with van der Waals surface area (Å²) in [6, 6.07) is 6.61. The normalized spacial score (nSPS) is 18.5. The number of amides is 4. The number of likely N-dealkylation sites (tertiary alicyclic amines) is 1. The predicted octanol–water partition coefficient (Wildman–Crippen LogP) is 4.84. The number of hydrogen-bond acceptors (Lipinski definition) is 8. The first-order valence-electron chi connectivity index (χ1n) is 20.5. The molecule has 0 radical (unpaired) electrons. The molecule has 12 nitrogen and oxygen atoms in total. The van der Waals surface area contributed by atoms with Crippen molar-refractivity contribution in [1.29, 1.82) is 0 Å². The first kappa shape index (κ1) is 47.9. The van der Waals surface area contributed by atoms with Crippen molar-refractivity contribution >= 4 is 29.3 Å². The molecule has 1 saturated heterocycles. The second kappa shape index (κ2) is 22.5. The molecular formula is C43H76N6O6. The molecule has 0 bridgehead atoms. The summed E-state index contributed by atoms with van der Waals surface area (Å²) in [5, 5.41) is 6.18. The molecule has 1 aliphatic rings. The summed E-state index contributed by atoms with van der Waals surface area (Å²) in [6.07, 6.45) is 1.99. The van der Waals surface area contributed by atoms with Gasteiger partial charge in [0.1, 0.15) is 6.04 Å². The highest BCUT2D eigenvalue weighted by Crippen LogP contribution is 2.30. The van der Waals surface area contributed by atoms with Crippen LogP contribution in [0.4, 0.5) is 5.69 Å². The summed E-state index contributed by atoms with van der Waals surface area (Å²) in [5.41, 5.74) is 2.27. The Bertz CT molecular complexity index is 1350. The lowest BCUT2D eigenvalue weighted by atomic mass is 9.89. The Morgan fingerprint density at radius 3 is 1.98 bits per heavy atom. The zero-order valence-corrected chi connectivity index (χ0v) is 36.8. The summed E-state index contributed by atoms with van der Waals surface area (Å²) in [7, 11) is 10.9. The summed E-state index contributed by atoms with van der Waals surface area (Å²) in [4.78, 5) is 63.3. The number of nitrogens with zero attached hydrogens (tertiary/aromatic N) is 4. The molecule has 0 aliphatic carbocycles. The molecule has 12 heteroatoms. The fourth-order valence-corrected chi connectivity index (χ4v) is 8.01. The van der Waals surface area contributed by atoms with Gasteiger partial charge in [0, 0.05) is 60.2 Å². The number of methoxy groups -OCH3 is 2. The van der Waals surface area contributed by atoms with E-state index in [0.29, 0.717) is 19.5 Å². The lowest BCUT2D eigenvalue weighted by molar-refractivity contribution is -0.148. The number of ether oxygens (including phenoxy) is 2. The fraction of sp³-hybridized carbons (Fsp3) is 0.767. The number of anilines is 1. The van der Waals surface area contributed by atoms with Gasteiger partial charge >= 0.3 is 0 Å². The Hall–Kier alpha value is -3.22. The maximum absolute atomic E-state index is 14.3. The van der Waals surface area contributed by atoms with Crippen LogP contribution in [0.5, 0.6) is 0 Å². The number of carbonyl (C=O) groups is 4. The lowest BCUT2D eigenvalue weighted by Crippen LogP contribution is -2.60. The van der Waals surface area contributed by atoms with Crippen LogP contribution in [0.25, 0.3) is 0 Å². The zero-order chi connectivity index (χ0) is 41.7. The number of nitrogens with one attached hydrogen (secondary N) is 2. The molecule has 2 N–H and O–H groups in total. The second-order valence-electron chi connectivity index (χ2n) is 16.9. The van der Waals surface area contributed by atoms with Gasteiger partial charge in [0.2, 0.25) is 23.6 Å². The van der Waals surface area contributed by atoms with E-state index in [0.717, 1.165) is 30.5 Å². The van der Waals surface area contributed by atoms with Crippen molar-refractivity contribution in [2.45, 2.75) is 137 Å². The fourth-order valence-electron chi connectivity index (χ4n) is 8.01. The molecule has 8 atom stereocenters. The largest absolute Gasteiger partial charge is 0.379 e. The molecule has 2 rings (SSSR count). The molecular weight excluding hydrogens is 697 g/mol. The molecule has 1 aromatic rings. The van der Waals surface area contributed by atoms with Crippen molar-refractivity contribution in [2.24, 2.45) is 23.7 Å². The molecule has 1 unspecified atom stereocenters. The smallest absolute Gasteiger partial charge is 0.245 e. The van der Waals surface area contributed by atoms with E-state index in [1.165, 1.54) is 0 Å². The first-order valence-corrected chi connectivity index (χ1v) is 20.5. The zero-order valence-electron chi connectivity index (χ0n) is 36.8. The molecule has 55 heavy (non-hydrogen) atoms. The summed E-state index contributed by atoms with van der Waals surface area (Å²) >= 11 is 0. The molecule has 1 heterocycles. The highest BCUT2D eigenvalue weighted by molar-refractivity contribution is 5.90. The molecule has 0 aromatic heterocycles. The highest BCUT2D eigenvalue weighted by atomic mass is 16.5. The predicted molar refractivity (Wildman–Crippen MR) is 222 cm³/mol. The van der Waals surface area contributed by atoms with Gasteiger partial charge in [-0.05, 0) is 75.6 Å². The quantitative estimate of drug-likeness (QED) is 0.172. The van der Waals surface area contributed by atoms with Gasteiger partial charge in [0.05, 0.1) is 42.7 Å². The topological polar surface area (TPSA) is 124 Å². The minimum atomic E-state index is -0.749. The van der Waals surface area contributed by atoms with E-state index in [1.807, 2.05) is 65.6 Å². The van der Waals surface area contributed by atoms with Gasteiger partial charge in [0.25, 0.3) is 0 Å². The van der Waals surface area contributed by atoms with Crippen LogP contribution in [0.3, 0.4) is 0 Å². The Labute approximate surface area is 333 Å². The minimum absolute atomic E-state index is 0.00133. The van der Waals surface area contributed by atoms with Gasteiger partial charge in [-0.15, -0.1) is 0 Å². The first-order chi connectivity index (χ1) is 25.8. The molecule has 4 amide bonds. The summed E-state index contributed by atoms with van der Waals surface area (Å²) in [6.45, 7) is 19.1. The van der Waals surface area contributed by atoms with Gasteiger partial charge in [-0.25, -0.2) is 0 Å². The van der Waals surface area contributed by atoms with Gasteiger partial charge < -0.3 is 34.8 Å². The molecule has 0 saturated carbocycles. The van der Waals surface area contributed by atoms with Crippen LogP contribution >= 0.6 is 0 Å². The van der Waals surface area contributed by atoms with Crippen LogP contribution in [0.15, 0.2) is 24.3 Å². The average molecular weight is 773 g/mol. The SMILES string of the molecule is CC[C@H](C)[C@@H]([C@@H](CC(=O)N1CCC[C@H]1[C@H](OC)[C@@H](C)C(=O)NCCc1ccc(N(C)C)cc1)OC)N(C)C(=O)C(NC(=O)[C@H](C(C)C)N(C)C(C)C)C(C)C.